The highest BCUT2D eigenvalue weighted by atomic mass is 32.1. The summed E-state index contributed by atoms with van der Waals surface area (Å²) in [6.07, 6.45) is -4.65. The normalized spacial score (nSPS) is 11.6. The summed E-state index contributed by atoms with van der Waals surface area (Å²) in [6, 6.07) is 6.89. The SMILES string of the molecule is O=C(NCc1cccs1)c1cc(=O)c2c[c]([Al])cc(C(F)(F)F)c2[nH]1. The van der Waals surface area contributed by atoms with E-state index in [9.17, 15) is 22.8 Å². The van der Waals surface area contributed by atoms with Crippen LogP contribution in [-0.2, 0) is 12.7 Å². The second-order valence-corrected chi connectivity index (χ2v) is 7.00. The van der Waals surface area contributed by atoms with E-state index in [1.54, 1.807) is 0 Å². The van der Waals surface area contributed by atoms with Crippen LogP contribution < -0.4 is 15.2 Å². The van der Waals surface area contributed by atoms with Crippen molar-refractivity contribution in [3.05, 3.63) is 62.1 Å². The number of pyridine rings is 1. The molecule has 0 atom stereocenters. The van der Waals surface area contributed by atoms with E-state index < -0.39 is 28.6 Å². The van der Waals surface area contributed by atoms with Gasteiger partial charge in [0, 0.05) is 16.3 Å². The number of halogens is 3. The topological polar surface area (TPSA) is 62.0 Å². The van der Waals surface area contributed by atoms with Crippen LogP contribution in [0.25, 0.3) is 10.9 Å². The lowest BCUT2D eigenvalue weighted by Crippen LogP contribution is -2.26. The molecule has 0 saturated carbocycles. The number of alkyl halides is 3. The van der Waals surface area contributed by atoms with Crippen molar-refractivity contribution in [1.29, 1.82) is 0 Å². The Morgan fingerprint density at radius 2 is 2.04 bits per heavy atom. The number of H-pyrrole nitrogens is 1. The summed E-state index contributed by atoms with van der Waals surface area (Å²) < 4.78 is 40.0. The summed E-state index contributed by atoms with van der Waals surface area (Å²) in [6.45, 7) is 0.229. The Kier molecular flexibility index (Phi) is 4.73. The molecule has 2 heterocycles. The fourth-order valence-electron chi connectivity index (χ4n) is 2.39. The second kappa shape index (κ2) is 6.67. The first-order valence-electron chi connectivity index (χ1n) is 7.10. The largest absolute Gasteiger partial charge is 0.418 e. The van der Waals surface area contributed by atoms with E-state index in [-0.39, 0.29) is 22.1 Å². The molecule has 4 nitrogen and oxygen atoms in total. The van der Waals surface area contributed by atoms with Gasteiger partial charge < -0.3 is 10.3 Å². The van der Waals surface area contributed by atoms with Crippen LogP contribution in [0.1, 0.15) is 20.9 Å². The first-order valence-corrected chi connectivity index (χ1v) is 8.56. The third-order valence-electron chi connectivity index (χ3n) is 3.51. The average Bonchev–Trinajstić information content (AvgIpc) is 3.05. The molecule has 0 fully saturated rings. The van der Waals surface area contributed by atoms with Crippen molar-refractivity contribution < 1.29 is 18.0 Å². The van der Waals surface area contributed by atoms with Gasteiger partial charge in [0.25, 0.3) is 5.91 Å². The van der Waals surface area contributed by atoms with Gasteiger partial charge in [0.15, 0.2) is 21.7 Å². The molecule has 3 aromatic rings. The van der Waals surface area contributed by atoms with Gasteiger partial charge in [-0.05, 0) is 11.4 Å². The maximum absolute atomic E-state index is 13.3. The highest BCUT2D eigenvalue weighted by Gasteiger charge is 2.33. The number of hydrogen-bond acceptors (Lipinski definition) is 3. The van der Waals surface area contributed by atoms with Crippen molar-refractivity contribution in [2.75, 3.05) is 0 Å². The summed E-state index contributed by atoms with van der Waals surface area (Å²) in [5, 5.41) is 4.31. The number of hydrogen-bond donors (Lipinski definition) is 2. The molecule has 9 heteroatoms. The van der Waals surface area contributed by atoms with Gasteiger partial charge in [-0.2, -0.15) is 13.2 Å². The van der Waals surface area contributed by atoms with Crippen molar-refractivity contribution in [2.24, 2.45) is 0 Å². The lowest BCUT2D eigenvalue weighted by Gasteiger charge is -2.13. The number of carbonyl (C=O) groups is 1. The Hall–Kier alpha value is -2.08. The molecule has 1 amide bonds. The number of carbonyl (C=O) groups excluding carboxylic acids is 1. The van der Waals surface area contributed by atoms with Crippen molar-refractivity contribution in [2.45, 2.75) is 12.7 Å². The minimum Gasteiger partial charge on any atom is -0.350 e. The van der Waals surface area contributed by atoms with Crippen LogP contribution >= 0.6 is 11.3 Å². The zero-order valence-corrected chi connectivity index (χ0v) is 14.6. The number of aromatic amines is 1. The first kappa shape index (κ1) is 17.7. The Labute approximate surface area is 152 Å². The van der Waals surface area contributed by atoms with Gasteiger partial charge in [-0.3, -0.25) is 9.59 Å². The van der Waals surface area contributed by atoms with Crippen LogP contribution in [0.5, 0.6) is 0 Å². The van der Waals surface area contributed by atoms with E-state index in [4.69, 9.17) is 0 Å². The molecule has 25 heavy (non-hydrogen) atoms. The van der Waals surface area contributed by atoms with Gasteiger partial charge >= 0.3 is 6.18 Å². The van der Waals surface area contributed by atoms with E-state index >= 15 is 0 Å². The number of benzene rings is 1. The number of aromatic nitrogens is 1. The van der Waals surface area contributed by atoms with Gasteiger partial charge in [-0.25, -0.2) is 0 Å². The van der Waals surface area contributed by atoms with Gasteiger partial charge in [-0.15, -0.1) is 15.8 Å². The second-order valence-electron chi connectivity index (χ2n) is 5.30. The highest BCUT2D eigenvalue weighted by Crippen LogP contribution is 2.32. The number of amides is 1. The minimum atomic E-state index is -4.65. The minimum absolute atomic E-state index is 0.116. The zero-order valence-electron chi connectivity index (χ0n) is 12.6. The summed E-state index contributed by atoms with van der Waals surface area (Å²) >= 11 is 3.58. The number of nitrogens with one attached hydrogen (secondary N) is 2. The number of thiophene rings is 1. The maximum Gasteiger partial charge on any atom is 0.418 e. The molecule has 2 aromatic heterocycles. The van der Waals surface area contributed by atoms with E-state index in [1.165, 1.54) is 17.4 Å². The molecule has 0 saturated heterocycles. The van der Waals surface area contributed by atoms with Crippen LogP contribution in [0.15, 0.2) is 40.5 Å². The molecular formula is C16H10AlF3N2O2S. The number of fused-ring (bicyclic) bond motifs is 1. The Morgan fingerprint density at radius 3 is 2.68 bits per heavy atom. The van der Waals surface area contributed by atoms with Gasteiger partial charge in [0.05, 0.1) is 17.6 Å². The van der Waals surface area contributed by atoms with Crippen molar-refractivity contribution >= 4 is 48.9 Å². The predicted octanol–water partition coefficient (Wildman–Crippen LogP) is 2.33. The molecule has 0 spiro atoms. The quantitative estimate of drug-likeness (QED) is 0.688. The zero-order chi connectivity index (χ0) is 18.2. The van der Waals surface area contributed by atoms with Crippen LogP contribution in [-0.4, -0.2) is 27.2 Å². The molecule has 0 aliphatic carbocycles. The maximum atomic E-state index is 13.3. The molecule has 1 aromatic carbocycles. The van der Waals surface area contributed by atoms with Crippen LogP contribution in [0, 0.1) is 0 Å². The summed E-state index contributed by atoms with van der Waals surface area (Å²) in [5.41, 5.74) is -2.24. The molecule has 0 bridgehead atoms. The molecule has 0 aliphatic rings. The Bertz CT molecular complexity index is 997. The van der Waals surface area contributed by atoms with Gasteiger partial charge in [0.2, 0.25) is 0 Å². The van der Waals surface area contributed by atoms with Crippen molar-refractivity contribution in [1.82, 2.24) is 10.3 Å². The third-order valence-corrected chi connectivity index (χ3v) is 4.72. The Balaban J connectivity index is 2.04. The Morgan fingerprint density at radius 1 is 1.28 bits per heavy atom. The lowest BCUT2D eigenvalue weighted by atomic mass is 10.1. The number of rotatable bonds is 3. The van der Waals surface area contributed by atoms with E-state index in [1.807, 2.05) is 17.5 Å². The third kappa shape index (κ3) is 3.79. The fourth-order valence-corrected chi connectivity index (χ4v) is 3.37. The van der Waals surface area contributed by atoms with Gasteiger partial charge in [0.1, 0.15) is 5.69 Å². The lowest BCUT2D eigenvalue weighted by molar-refractivity contribution is -0.136. The standard InChI is InChI=1S/C16H10F3N2O2S.Al/c17-16(18,19)11-5-1-4-10-13(22)7-12(21-14(10)11)15(23)20-8-9-3-2-6-24-9;/h2-7H,8H2,(H,20,23)(H,21,22);. The smallest absolute Gasteiger partial charge is 0.350 e. The van der Waals surface area contributed by atoms with Crippen LogP contribution in [0.2, 0.25) is 0 Å². The van der Waals surface area contributed by atoms with Crippen molar-refractivity contribution in [3.8, 4) is 0 Å². The van der Waals surface area contributed by atoms with Crippen LogP contribution in [0.4, 0.5) is 13.2 Å². The van der Waals surface area contributed by atoms with Crippen LogP contribution in [0.3, 0.4) is 0 Å². The van der Waals surface area contributed by atoms with Gasteiger partial charge in [-0.1, -0.05) is 18.2 Å². The molecule has 0 aliphatic heterocycles. The highest BCUT2D eigenvalue weighted by molar-refractivity contribution is 7.09. The molecule has 0 unspecified atom stereocenters. The summed E-state index contributed by atoms with van der Waals surface area (Å²) in [4.78, 5) is 27.7. The van der Waals surface area contributed by atoms with Crippen molar-refractivity contribution in [3.63, 3.8) is 0 Å². The summed E-state index contributed by atoms with van der Waals surface area (Å²) in [5.74, 6) is -0.643. The van der Waals surface area contributed by atoms with E-state index in [0.717, 1.165) is 17.0 Å². The predicted molar refractivity (Wildman–Crippen MR) is 90.4 cm³/mol. The molecule has 2 radical (unpaired) electrons. The van der Waals surface area contributed by atoms with E-state index in [0.29, 0.717) is 0 Å². The fraction of sp³-hybridized carbons (Fsp3) is 0.125. The first-order chi connectivity index (χ1) is 11.8. The monoisotopic (exact) mass is 378 g/mol. The molecule has 3 rings (SSSR count). The average molecular weight is 378 g/mol. The molecular weight excluding hydrogens is 368 g/mol. The van der Waals surface area contributed by atoms with E-state index in [2.05, 4.69) is 26.6 Å². The molecule has 126 valence electrons. The molecule has 2 N–H and O–H groups in total. The summed E-state index contributed by atoms with van der Waals surface area (Å²) in [7, 11) is 0.